The molecule has 0 fully saturated rings. The number of nitrogens with zero attached hydrogens (tertiary/aromatic N) is 3. The first-order valence-corrected chi connectivity index (χ1v) is 7.37. The molecule has 3 aromatic rings. The van der Waals surface area contributed by atoms with Crippen LogP contribution in [0.5, 0.6) is 0 Å². The van der Waals surface area contributed by atoms with E-state index in [1.807, 2.05) is 30.3 Å². The molecule has 0 saturated heterocycles. The molecule has 4 nitrogen and oxygen atoms in total. The molecule has 0 aliphatic carbocycles. The highest BCUT2D eigenvalue weighted by molar-refractivity contribution is 5.54. The topological polar surface area (TPSA) is 61.6 Å². The van der Waals surface area contributed by atoms with Crippen molar-refractivity contribution in [2.75, 3.05) is 5.32 Å². The molecule has 0 aliphatic rings. The normalized spacial score (nSPS) is 11.5. The van der Waals surface area contributed by atoms with Crippen LogP contribution in [0.3, 0.4) is 0 Å². The molecule has 0 amide bonds. The standard InChI is InChI=1S/C19H16N4/c1-14-6-4-7-15(12-14)18(17-9-2-3-10-21-17)23-19-16(13-20)8-5-11-22-19/h2-12,18H,1H3,(H,22,23). The first-order valence-electron chi connectivity index (χ1n) is 7.37. The van der Waals surface area contributed by atoms with Gasteiger partial charge in [0.1, 0.15) is 11.9 Å². The zero-order valence-corrected chi connectivity index (χ0v) is 12.8. The number of rotatable bonds is 4. The van der Waals surface area contributed by atoms with E-state index in [2.05, 4.69) is 40.4 Å². The number of nitrogens with one attached hydrogen (secondary N) is 1. The molecule has 0 bridgehead atoms. The third-order valence-electron chi connectivity index (χ3n) is 3.57. The van der Waals surface area contributed by atoms with Crippen molar-refractivity contribution < 1.29 is 0 Å². The summed E-state index contributed by atoms with van der Waals surface area (Å²) in [6.07, 6.45) is 3.44. The van der Waals surface area contributed by atoms with Crippen molar-refractivity contribution in [1.29, 1.82) is 5.26 Å². The summed E-state index contributed by atoms with van der Waals surface area (Å²) in [4.78, 5) is 8.76. The average molecular weight is 300 g/mol. The summed E-state index contributed by atoms with van der Waals surface area (Å²) in [6.45, 7) is 2.06. The van der Waals surface area contributed by atoms with Gasteiger partial charge >= 0.3 is 0 Å². The lowest BCUT2D eigenvalue weighted by atomic mass is 10.0. The van der Waals surface area contributed by atoms with Crippen molar-refractivity contribution in [3.63, 3.8) is 0 Å². The SMILES string of the molecule is Cc1cccc(C(Nc2ncccc2C#N)c2ccccn2)c1. The maximum absolute atomic E-state index is 9.27. The average Bonchev–Trinajstić information content (AvgIpc) is 2.60. The first kappa shape index (κ1) is 14.7. The summed E-state index contributed by atoms with van der Waals surface area (Å²) in [6, 6.07) is 19.6. The molecule has 4 heteroatoms. The van der Waals surface area contributed by atoms with E-state index in [1.54, 1.807) is 24.5 Å². The van der Waals surface area contributed by atoms with Crippen molar-refractivity contribution >= 4 is 5.82 Å². The molecule has 1 unspecified atom stereocenters. The van der Waals surface area contributed by atoms with Crippen LogP contribution >= 0.6 is 0 Å². The highest BCUT2D eigenvalue weighted by Gasteiger charge is 2.17. The predicted molar refractivity (Wildman–Crippen MR) is 89.8 cm³/mol. The van der Waals surface area contributed by atoms with Crippen LogP contribution in [0.1, 0.15) is 28.4 Å². The van der Waals surface area contributed by atoms with Crippen molar-refractivity contribution in [3.8, 4) is 6.07 Å². The van der Waals surface area contributed by atoms with Crippen LogP contribution in [0.4, 0.5) is 5.82 Å². The highest BCUT2D eigenvalue weighted by atomic mass is 15.0. The van der Waals surface area contributed by atoms with Gasteiger partial charge in [-0.05, 0) is 36.8 Å². The molecule has 2 heterocycles. The van der Waals surface area contributed by atoms with Crippen LogP contribution in [0.2, 0.25) is 0 Å². The minimum atomic E-state index is -0.168. The Morgan fingerprint density at radius 2 is 1.87 bits per heavy atom. The molecule has 0 saturated carbocycles. The van der Waals surface area contributed by atoms with Crippen molar-refractivity contribution in [2.45, 2.75) is 13.0 Å². The third-order valence-corrected chi connectivity index (χ3v) is 3.57. The van der Waals surface area contributed by atoms with Gasteiger partial charge in [0, 0.05) is 12.4 Å². The van der Waals surface area contributed by atoms with Crippen LogP contribution < -0.4 is 5.32 Å². The number of hydrogen-bond donors (Lipinski definition) is 1. The Labute approximate surface area is 135 Å². The molecule has 0 aliphatic heterocycles. The fraction of sp³-hybridized carbons (Fsp3) is 0.105. The fourth-order valence-corrected chi connectivity index (χ4v) is 2.47. The molecule has 2 aromatic heterocycles. The smallest absolute Gasteiger partial charge is 0.144 e. The Morgan fingerprint density at radius 3 is 2.61 bits per heavy atom. The van der Waals surface area contributed by atoms with Gasteiger partial charge in [-0.1, -0.05) is 35.9 Å². The van der Waals surface area contributed by atoms with E-state index in [0.29, 0.717) is 11.4 Å². The van der Waals surface area contributed by atoms with Crippen molar-refractivity contribution in [3.05, 3.63) is 89.4 Å². The molecular weight excluding hydrogens is 284 g/mol. The lowest BCUT2D eigenvalue weighted by Crippen LogP contribution is -2.15. The number of benzene rings is 1. The van der Waals surface area contributed by atoms with E-state index < -0.39 is 0 Å². The van der Waals surface area contributed by atoms with Crippen LogP contribution in [0.15, 0.2) is 67.0 Å². The summed E-state index contributed by atoms with van der Waals surface area (Å²) in [5.74, 6) is 0.562. The number of aromatic nitrogens is 2. The van der Waals surface area contributed by atoms with E-state index in [-0.39, 0.29) is 6.04 Å². The molecule has 1 N–H and O–H groups in total. The van der Waals surface area contributed by atoms with Crippen LogP contribution in [-0.4, -0.2) is 9.97 Å². The van der Waals surface area contributed by atoms with Gasteiger partial charge in [0.05, 0.1) is 17.3 Å². The predicted octanol–water partition coefficient (Wildman–Crippen LogP) is 3.86. The fourth-order valence-electron chi connectivity index (χ4n) is 2.47. The molecule has 3 rings (SSSR count). The zero-order chi connectivity index (χ0) is 16.1. The zero-order valence-electron chi connectivity index (χ0n) is 12.8. The third kappa shape index (κ3) is 3.35. The Bertz CT molecular complexity index is 837. The molecule has 0 spiro atoms. The number of pyridine rings is 2. The second kappa shape index (κ2) is 6.71. The molecule has 0 radical (unpaired) electrons. The van der Waals surface area contributed by atoms with Gasteiger partial charge in [-0.2, -0.15) is 5.26 Å². The molecule has 23 heavy (non-hydrogen) atoms. The molecular formula is C19H16N4. The van der Waals surface area contributed by atoms with Gasteiger partial charge in [0.2, 0.25) is 0 Å². The number of aryl methyl sites for hydroxylation is 1. The van der Waals surface area contributed by atoms with Crippen LogP contribution in [0, 0.1) is 18.3 Å². The minimum Gasteiger partial charge on any atom is -0.357 e. The molecule has 1 aromatic carbocycles. The highest BCUT2D eigenvalue weighted by Crippen LogP contribution is 2.26. The summed E-state index contributed by atoms with van der Waals surface area (Å²) in [7, 11) is 0. The minimum absolute atomic E-state index is 0.168. The van der Waals surface area contributed by atoms with Gasteiger partial charge in [-0.3, -0.25) is 4.98 Å². The van der Waals surface area contributed by atoms with E-state index >= 15 is 0 Å². The maximum Gasteiger partial charge on any atom is 0.144 e. The van der Waals surface area contributed by atoms with Gasteiger partial charge in [-0.15, -0.1) is 0 Å². The van der Waals surface area contributed by atoms with Crippen molar-refractivity contribution in [2.24, 2.45) is 0 Å². The van der Waals surface area contributed by atoms with Gasteiger partial charge < -0.3 is 5.32 Å². The Kier molecular flexibility index (Phi) is 4.30. The van der Waals surface area contributed by atoms with Gasteiger partial charge in [0.25, 0.3) is 0 Å². The molecule has 112 valence electrons. The summed E-state index contributed by atoms with van der Waals surface area (Å²) < 4.78 is 0. The van der Waals surface area contributed by atoms with Gasteiger partial charge in [-0.25, -0.2) is 4.98 Å². The Balaban J connectivity index is 2.04. The second-order valence-corrected chi connectivity index (χ2v) is 5.26. The summed E-state index contributed by atoms with van der Waals surface area (Å²) in [5, 5.41) is 12.6. The van der Waals surface area contributed by atoms with Crippen LogP contribution in [0.25, 0.3) is 0 Å². The maximum atomic E-state index is 9.27. The number of nitriles is 1. The molecule has 1 atom stereocenters. The van der Waals surface area contributed by atoms with Crippen LogP contribution in [-0.2, 0) is 0 Å². The number of anilines is 1. The number of hydrogen-bond acceptors (Lipinski definition) is 4. The lowest BCUT2D eigenvalue weighted by molar-refractivity contribution is 0.875. The van der Waals surface area contributed by atoms with E-state index in [1.165, 1.54) is 5.56 Å². The Hall–Kier alpha value is -3.19. The van der Waals surface area contributed by atoms with E-state index in [4.69, 9.17) is 0 Å². The largest absolute Gasteiger partial charge is 0.357 e. The quantitative estimate of drug-likeness (QED) is 0.794. The summed E-state index contributed by atoms with van der Waals surface area (Å²) in [5.41, 5.74) is 3.65. The van der Waals surface area contributed by atoms with Crippen molar-refractivity contribution in [1.82, 2.24) is 9.97 Å². The van der Waals surface area contributed by atoms with E-state index in [0.717, 1.165) is 11.3 Å². The second-order valence-electron chi connectivity index (χ2n) is 5.26. The lowest BCUT2D eigenvalue weighted by Gasteiger charge is -2.20. The summed E-state index contributed by atoms with van der Waals surface area (Å²) >= 11 is 0. The van der Waals surface area contributed by atoms with E-state index in [9.17, 15) is 5.26 Å². The first-order chi connectivity index (χ1) is 11.3. The van der Waals surface area contributed by atoms with Gasteiger partial charge in [0.15, 0.2) is 0 Å². The Morgan fingerprint density at radius 1 is 1.00 bits per heavy atom. The monoisotopic (exact) mass is 300 g/mol.